The highest BCUT2D eigenvalue weighted by molar-refractivity contribution is 4.59. The van der Waals surface area contributed by atoms with Gasteiger partial charge in [0.25, 0.3) is 0 Å². The second kappa shape index (κ2) is 33.1. The topological polar surface area (TPSA) is 3.24 Å². The minimum absolute atomic E-state index is 1.31. The second-order valence-electron chi connectivity index (χ2n) is 10.2. The Kier molecular flexibility index (Phi) is 35.3. The Morgan fingerprint density at radius 3 is 0.750 bits per heavy atom. The van der Waals surface area contributed by atoms with Crippen molar-refractivity contribution in [3.8, 4) is 0 Å². The van der Waals surface area contributed by atoms with Crippen LogP contribution in [0, 0.1) is 0 Å². The van der Waals surface area contributed by atoms with Gasteiger partial charge in [-0.05, 0) is 38.9 Å². The smallest absolute Gasteiger partial charge is 0.00187 e. The largest absolute Gasteiger partial charge is 0.303 e. The van der Waals surface area contributed by atoms with E-state index in [-0.39, 0.29) is 0 Å². The van der Waals surface area contributed by atoms with E-state index in [1.165, 1.54) is 167 Å². The van der Waals surface area contributed by atoms with E-state index in [4.69, 9.17) is 0 Å². The maximum atomic E-state index is 2.72. The fourth-order valence-corrected chi connectivity index (χ4v) is 4.44. The minimum atomic E-state index is 1.31. The van der Waals surface area contributed by atoms with Crippen molar-refractivity contribution in [2.75, 3.05) is 19.6 Å². The van der Waals surface area contributed by atoms with E-state index in [9.17, 15) is 0 Å². The second-order valence-corrected chi connectivity index (χ2v) is 10.2. The molecule has 0 heterocycles. The van der Waals surface area contributed by atoms with Gasteiger partial charge in [0.15, 0.2) is 0 Å². The molecule has 0 amide bonds. The van der Waals surface area contributed by atoms with Crippen molar-refractivity contribution in [1.29, 1.82) is 0 Å². The van der Waals surface area contributed by atoms with E-state index in [1.54, 1.807) is 0 Å². The monoisotopic (exact) mass is 454 g/mol. The summed E-state index contributed by atoms with van der Waals surface area (Å²) in [7, 11) is 0. The third-order valence-electron chi connectivity index (χ3n) is 6.65. The lowest BCUT2D eigenvalue weighted by molar-refractivity contribution is 0.260. The maximum absolute atomic E-state index is 2.72. The predicted molar refractivity (Wildman–Crippen MR) is 151 cm³/mol. The normalized spacial score (nSPS) is 11.1. The fraction of sp³-hybridized carbons (Fsp3) is 1.00. The van der Waals surface area contributed by atoms with Gasteiger partial charge in [0.1, 0.15) is 0 Å². The zero-order valence-corrected chi connectivity index (χ0v) is 23.8. The zero-order valence-electron chi connectivity index (χ0n) is 23.8. The molecule has 0 rings (SSSR count). The summed E-state index contributed by atoms with van der Waals surface area (Å²) in [6.07, 6.45) is 32.8. The first-order valence-corrected chi connectivity index (χ1v) is 15.5. The average Bonchev–Trinajstić information content (AvgIpc) is 2.80. The van der Waals surface area contributed by atoms with Crippen LogP contribution < -0.4 is 0 Å². The van der Waals surface area contributed by atoms with Gasteiger partial charge in [0.05, 0.1) is 0 Å². The molecular formula is C31H67N. The highest BCUT2D eigenvalue weighted by Crippen LogP contribution is 2.10. The van der Waals surface area contributed by atoms with Crippen molar-refractivity contribution in [3.63, 3.8) is 0 Å². The molecule has 0 spiro atoms. The van der Waals surface area contributed by atoms with Crippen LogP contribution in [0.15, 0.2) is 0 Å². The molecule has 0 saturated heterocycles. The quantitative estimate of drug-likeness (QED) is 0.124. The summed E-state index contributed by atoms with van der Waals surface area (Å²) in [5.41, 5.74) is 0. The molecule has 0 aliphatic heterocycles. The van der Waals surface area contributed by atoms with Crippen LogP contribution in [-0.2, 0) is 0 Å². The van der Waals surface area contributed by atoms with E-state index in [0.29, 0.717) is 0 Å². The van der Waals surface area contributed by atoms with Crippen LogP contribution in [0.25, 0.3) is 0 Å². The lowest BCUT2D eigenvalue weighted by Crippen LogP contribution is -2.27. The molecule has 0 aromatic heterocycles. The third-order valence-corrected chi connectivity index (χ3v) is 6.65. The highest BCUT2D eigenvalue weighted by Gasteiger charge is 2.03. The first kappa shape index (κ1) is 34.1. The van der Waals surface area contributed by atoms with E-state index in [0.717, 1.165) is 0 Å². The van der Waals surface area contributed by atoms with Crippen molar-refractivity contribution in [1.82, 2.24) is 4.90 Å². The third kappa shape index (κ3) is 32.1. The summed E-state index contributed by atoms with van der Waals surface area (Å²) < 4.78 is 0. The summed E-state index contributed by atoms with van der Waals surface area (Å²) in [6, 6.07) is 0. The van der Waals surface area contributed by atoms with Gasteiger partial charge in [-0.3, -0.25) is 0 Å². The summed E-state index contributed by atoms with van der Waals surface area (Å²) in [5, 5.41) is 0. The SMILES string of the molecule is CCCCCCCCCC.CCCCCCCCCN(CCC)CCCCCCCCC. The highest BCUT2D eigenvalue weighted by atomic mass is 15.1. The van der Waals surface area contributed by atoms with Crippen LogP contribution in [0.5, 0.6) is 0 Å². The molecule has 0 saturated carbocycles. The number of rotatable bonds is 25. The molecular weight excluding hydrogens is 386 g/mol. The van der Waals surface area contributed by atoms with E-state index in [2.05, 4.69) is 39.5 Å². The molecule has 0 aromatic rings. The standard InChI is InChI=1S/C21H45N.C10H22/c1-4-7-9-11-13-15-17-20-22(19-6-3)21-18-16-14-12-10-8-5-2;1-3-5-7-9-10-8-6-4-2/h4-21H2,1-3H3;3-10H2,1-2H3. The first-order valence-electron chi connectivity index (χ1n) is 15.5. The number of nitrogens with zero attached hydrogens (tertiary/aromatic N) is 1. The Hall–Kier alpha value is -0.0400. The van der Waals surface area contributed by atoms with Crippen molar-refractivity contribution in [2.24, 2.45) is 0 Å². The summed E-state index contributed by atoms with van der Waals surface area (Å²) in [4.78, 5) is 2.72. The van der Waals surface area contributed by atoms with Gasteiger partial charge in [-0.2, -0.15) is 0 Å². The van der Waals surface area contributed by atoms with Crippen LogP contribution in [0.1, 0.15) is 182 Å². The number of unbranched alkanes of at least 4 members (excludes halogenated alkanes) is 19. The van der Waals surface area contributed by atoms with E-state index < -0.39 is 0 Å². The maximum Gasteiger partial charge on any atom is -0.00187 e. The Labute approximate surface area is 206 Å². The summed E-state index contributed by atoms with van der Waals surface area (Å²) in [5.74, 6) is 0. The Morgan fingerprint density at radius 1 is 0.250 bits per heavy atom. The van der Waals surface area contributed by atoms with Gasteiger partial charge in [-0.15, -0.1) is 0 Å². The van der Waals surface area contributed by atoms with Crippen molar-refractivity contribution in [3.05, 3.63) is 0 Å². The van der Waals surface area contributed by atoms with Gasteiger partial charge < -0.3 is 4.90 Å². The van der Waals surface area contributed by atoms with Crippen LogP contribution >= 0.6 is 0 Å². The molecule has 0 fully saturated rings. The summed E-state index contributed by atoms with van der Waals surface area (Å²) in [6.45, 7) is 15.5. The number of hydrogen-bond acceptors (Lipinski definition) is 1. The molecule has 0 aromatic carbocycles. The van der Waals surface area contributed by atoms with E-state index >= 15 is 0 Å². The molecule has 0 aliphatic carbocycles. The average molecular weight is 454 g/mol. The molecule has 1 heteroatoms. The van der Waals surface area contributed by atoms with Crippen molar-refractivity contribution in [2.45, 2.75) is 182 Å². The molecule has 0 aliphatic rings. The van der Waals surface area contributed by atoms with Crippen LogP contribution in [0.4, 0.5) is 0 Å². The zero-order chi connectivity index (χ0) is 24.0. The number of hydrogen-bond donors (Lipinski definition) is 0. The van der Waals surface area contributed by atoms with Crippen molar-refractivity contribution < 1.29 is 0 Å². The molecule has 0 bridgehead atoms. The summed E-state index contributed by atoms with van der Waals surface area (Å²) >= 11 is 0. The molecule has 0 unspecified atom stereocenters. The van der Waals surface area contributed by atoms with Crippen LogP contribution in [-0.4, -0.2) is 24.5 Å². The Morgan fingerprint density at radius 2 is 0.500 bits per heavy atom. The van der Waals surface area contributed by atoms with Crippen LogP contribution in [0.2, 0.25) is 0 Å². The van der Waals surface area contributed by atoms with Gasteiger partial charge in [-0.1, -0.05) is 163 Å². The lowest BCUT2D eigenvalue weighted by Gasteiger charge is -2.21. The Balaban J connectivity index is 0. The van der Waals surface area contributed by atoms with E-state index in [1.807, 2.05) is 0 Å². The van der Waals surface area contributed by atoms with Gasteiger partial charge in [0, 0.05) is 0 Å². The van der Waals surface area contributed by atoms with Crippen LogP contribution in [0.3, 0.4) is 0 Å². The van der Waals surface area contributed by atoms with Gasteiger partial charge in [-0.25, -0.2) is 0 Å². The fourth-order valence-electron chi connectivity index (χ4n) is 4.44. The molecule has 32 heavy (non-hydrogen) atoms. The molecule has 196 valence electrons. The molecule has 0 N–H and O–H groups in total. The predicted octanol–water partition coefficient (Wildman–Crippen LogP) is 11.3. The first-order chi connectivity index (χ1) is 15.8. The minimum Gasteiger partial charge on any atom is -0.303 e. The lowest BCUT2D eigenvalue weighted by atomic mass is 10.1. The Bertz CT molecular complexity index is 262. The van der Waals surface area contributed by atoms with Gasteiger partial charge >= 0.3 is 0 Å². The molecule has 1 nitrogen and oxygen atoms in total. The molecule has 0 atom stereocenters. The molecule has 0 radical (unpaired) electrons. The van der Waals surface area contributed by atoms with Gasteiger partial charge in [0.2, 0.25) is 0 Å². The van der Waals surface area contributed by atoms with Crippen molar-refractivity contribution >= 4 is 0 Å².